The van der Waals surface area contributed by atoms with Crippen molar-refractivity contribution in [2.75, 3.05) is 27.2 Å². The molecule has 1 aliphatic rings. The van der Waals surface area contributed by atoms with Gasteiger partial charge in [0.15, 0.2) is 11.5 Å². The van der Waals surface area contributed by atoms with Crippen molar-refractivity contribution in [2.24, 2.45) is 0 Å². The SMILES string of the molecule is COc1c(OC2CCN(C)CC2)cccc1-c1cc(C(=O)O)on1. The molecule has 7 heteroatoms. The highest BCUT2D eigenvalue weighted by Gasteiger charge is 2.22. The van der Waals surface area contributed by atoms with Crippen molar-refractivity contribution in [1.29, 1.82) is 0 Å². The van der Waals surface area contributed by atoms with Gasteiger partial charge in [-0.25, -0.2) is 4.79 Å². The second-order valence-electron chi connectivity index (χ2n) is 5.84. The van der Waals surface area contributed by atoms with E-state index in [0.717, 1.165) is 25.9 Å². The molecule has 7 nitrogen and oxygen atoms in total. The summed E-state index contributed by atoms with van der Waals surface area (Å²) in [6.07, 6.45) is 2.05. The van der Waals surface area contributed by atoms with Gasteiger partial charge in [0, 0.05) is 24.7 Å². The lowest BCUT2D eigenvalue weighted by Gasteiger charge is -2.29. The molecule has 0 unspecified atom stereocenters. The normalized spacial score (nSPS) is 16.1. The Kier molecular flexibility index (Phi) is 4.71. The molecule has 0 spiro atoms. The number of aromatic carboxylic acids is 1. The monoisotopic (exact) mass is 332 g/mol. The Balaban J connectivity index is 1.86. The van der Waals surface area contributed by atoms with Gasteiger partial charge in [0.25, 0.3) is 0 Å². The highest BCUT2D eigenvalue weighted by atomic mass is 16.5. The first-order valence-electron chi connectivity index (χ1n) is 7.81. The van der Waals surface area contributed by atoms with Gasteiger partial charge in [0.05, 0.1) is 7.11 Å². The van der Waals surface area contributed by atoms with Crippen LogP contribution in [-0.4, -0.2) is 54.5 Å². The number of aromatic nitrogens is 1. The number of para-hydroxylation sites is 1. The molecule has 0 atom stereocenters. The van der Waals surface area contributed by atoms with Gasteiger partial charge in [-0.3, -0.25) is 0 Å². The third-order valence-electron chi connectivity index (χ3n) is 4.14. The second-order valence-corrected chi connectivity index (χ2v) is 5.84. The number of benzene rings is 1. The van der Waals surface area contributed by atoms with Crippen molar-refractivity contribution in [3.8, 4) is 22.8 Å². The number of likely N-dealkylation sites (tertiary alicyclic amines) is 1. The molecule has 0 bridgehead atoms. The predicted molar refractivity (Wildman–Crippen MR) is 86.6 cm³/mol. The van der Waals surface area contributed by atoms with Gasteiger partial charge in [-0.2, -0.15) is 0 Å². The molecule has 1 fully saturated rings. The molecule has 1 aromatic heterocycles. The molecule has 1 aliphatic heterocycles. The van der Waals surface area contributed by atoms with Gasteiger partial charge in [0.2, 0.25) is 5.76 Å². The standard InChI is InChI=1S/C17H20N2O5/c1-19-8-6-11(7-9-19)23-14-5-3-4-12(16(14)22-2)13-10-15(17(20)21)24-18-13/h3-5,10-11H,6-9H2,1-2H3,(H,20,21). The van der Waals surface area contributed by atoms with E-state index in [-0.39, 0.29) is 11.9 Å². The third kappa shape index (κ3) is 3.35. The Bertz CT molecular complexity index is 720. The van der Waals surface area contributed by atoms with Gasteiger partial charge >= 0.3 is 5.97 Å². The molecule has 24 heavy (non-hydrogen) atoms. The Morgan fingerprint density at radius 2 is 2.12 bits per heavy atom. The Labute approximate surface area is 139 Å². The van der Waals surface area contributed by atoms with Gasteiger partial charge in [0.1, 0.15) is 11.8 Å². The largest absolute Gasteiger partial charge is 0.492 e. The number of carboxylic acids is 1. The zero-order valence-corrected chi connectivity index (χ0v) is 13.7. The Morgan fingerprint density at radius 1 is 1.38 bits per heavy atom. The number of ether oxygens (including phenoxy) is 2. The molecule has 0 amide bonds. The van der Waals surface area contributed by atoms with Crippen LogP contribution in [0.1, 0.15) is 23.4 Å². The van der Waals surface area contributed by atoms with E-state index in [1.165, 1.54) is 6.07 Å². The Hall–Kier alpha value is -2.54. The lowest BCUT2D eigenvalue weighted by molar-refractivity contribution is 0.0652. The fourth-order valence-electron chi connectivity index (χ4n) is 2.81. The van der Waals surface area contributed by atoms with Crippen LogP contribution in [0.3, 0.4) is 0 Å². The first kappa shape index (κ1) is 16.3. The van der Waals surface area contributed by atoms with Crippen LogP contribution in [0.5, 0.6) is 11.5 Å². The van der Waals surface area contributed by atoms with Crippen molar-refractivity contribution in [2.45, 2.75) is 18.9 Å². The lowest BCUT2D eigenvalue weighted by atomic mass is 10.1. The first-order valence-corrected chi connectivity index (χ1v) is 7.81. The van der Waals surface area contributed by atoms with Crippen LogP contribution in [0.25, 0.3) is 11.3 Å². The smallest absolute Gasteiger partial charge is 0.374 e. The minimum Gasteiger partial charge on any atom is -0.492 e. The van der Waals surface area contributed by atoms with E-state index in [2.05, 4.69) is 17.1 Å². The molecule has 2 aromatic rings. The average Bonchev–Trinajstić information content (AvgIpc) is 3.07. The maximum Gasteiger partial charge on any atom is 0.374 e. The molecule has 2 heterocycles. The zero-order chi connectivity index (χ0) is 17.1. The number of methoxy groups -OCH3 is 1. The highest BCUT2D eigenvalue weighted by Crippen LogP contribution is 2.38. The fraction of sp³-hybridized carbons (Fsp3) is 0.412. The van der Waals surface area contributed by atoms with Crippen LogP contribution in [0.15, 0.2) is 28.8 Å². The summed E-state index contributed by atoms with van der Waals surface area (Å²) >= 11 is 0. The quantitative estimate of drug-likeness (QED) is 0.900. The molecule has 1 aromatic carbocycles. The average molecular weight is 332 g/mol. The second kappa shape index (κ2) is 6.92. The molecule has 0 saturated carbocycles. The maximum atomic E-state index is 11.0. The summed E-state index contributed by atoms with van der Waals surface area (Å²) in [4.78, 5) is 13.2. The molecule has 128 valence electrons. The topological polar surface area (TPSA) is 85.0 Å². The molecule has 3 rings (SSSR count). The molecule has 0 aliphatic carbocycles. The number of carbonyl (C=O) groups is 1. The fourth-order valence-corrected chi connectivity index (χ4v) is 2.81. The van der Waals surface area contributed by atoms with Gasteiger partial charge in [-0.05, 0) is 32.0 Å². The van der Waals surface area contributed by atoms with Crippen molar-refractivity contribution >= 4 is 5.97 Å². The number of rotatable bonds is 5. The van der Waals surface area contributed by atoms with Crippen molar-refractivity contribution < 1.29 is 23.9 Å². The number of hydrogen-bond donors (Lipinski definition) is 1. The summed E-state index contributed by atoms with van der Waals surface area (Å²) in [5, 5.41) is 12.8. The van der Waals surface area contributed by atoms with Crippen LogP contribution in [0.4, 0.5) is 0 Å². The van der Waals surface area contributed by atoms with Crippen LogP contribution in [0.2, 0.25) is 0 Å². The summed E-state index contributed by atoms with van der Waals surface area (Å²) in [6, 6.07) is 6.85. The summed E-state index contributed by atoms with van der Waals surface area (Å²) in [7, 11) is 3.65. The molecule has 0 radical (unpaired) electrons. The minimum absolute atomic E-state index is 0.136. The molecular weight excluding hydrogens is 312 g/mol. The van der Waals surface area contributed by atoms with Crippen LogP contribution >= 0.6 is 0 Å². The maximum absolute atomic E-state index is 11.0. The highest BCUT2D eigenvalue weighted by molar-refractivity contribution is 5.86. The first-order chi connectivity index (χ1) is 11.6. The van der Waals surface area contributed by atoms with Crippen LogP contribution in [0, 0.1) is 0 Å². The van der Waals surface area contributed by atoms with E-state index in [0.29, 0.717) is 22.8 Å². The molecular formula is C17H20N2O5. The van der Waals surface area contributed by atoms with Crippen LogP contribution < -0.4 is 9.47 Å². The summed E-state index contributed by atoms with van der Waals surface area (Å²) in [5.74, 6) is -0.216. The minimum atomic E-state index is -1.16. The molecule has 1 N–H and O–H groups in total. The van der Waals surface area contributed by atoms with Crippen molar-refractivity contribution in [1.82, 2.24) is 10.1 Å². The number of hydrogen-bond acceptors (Lipinski definition) is 6. The summed E-state index contributed by atoms with van der Waals surface area (Å²) in [6.45, 7) is 2.00. The summed E-state index contributed by atoms with van der Waals surface area (Å²) in [5.41, 5.74) is 1.04. The van der Waals surface area contributed by atoms with E-state index < -0.39 is 5.97 Å². The van der Waals surface area contributed by atoms with Crippen LogP contribution in [-0.2, 0) is 0 Å². The van der Waals surface area contributed by atoms with Crippen molar-refractivity contribution in [3.05, 3.63) is 30.0 Å². The molecule has 1 saturated heterocycles. The van der Waals surface area contributed by atoms with Gasteiger partial charge in [-0.15, -0.1) is 0 Å². The predicted octanol–water partition coefficient (Wildman–Crippen LogP) is 2.52. The Morgan fingerprint density at radius 3 is 2.75 bits per heavy atom. The van der Waals surface area contributed by atoms with E-state index in [9.17, 15) is 4.79 Å². The number of piperidine rings is 1. The lowest BCUT2D eigenvalue weighted by Crippen LogP contribution is -2.35. The zero-order valence-electron chi connectivity index (χ0n) is 13.7. The third-order valence-corrected chi connectivity index (χ3v) is 4.14. The van der Waals surface area contributed by atoms with E-state index >= 15 is 0 Å². The number of nitrogens with zero attached hydrogens (tertiary/aromatic N) is 2. The summed E-state index contributed by atoms with van der Waals surface area (Å²) < 4.78 is 16.4. The van der Waals surface area contributed by atoms with Gasteiger partial charge < -0.3 is 24.0 Å². The number of carboxylic acid groups (broad SMARTS) is 1. The van der Waals surface area contributed by atoms with E-state index in [1.807, 2.05) is 12.1 Å². The van der Waals surface area contributed by atoms with E-state index in [1.54, 1.807) is 13.2 Å². The van der Waals surface area contributed by atoms with E-state index in [4.69, 9.17) is 19.1 Å². The van der Waals surface area contributed by atoms with Crippen molar-refractivity contribution in [3.63, 3.8) is 0 Å². The van der Waals surface area contributed by atoms with Gasteiger partial charge in [-0.1, -0.05) is 11.2 Å².